The molecule has 1 amide bonds. The Hall–Kier alpha value is -2.34. The van der Waals surface area contributed by atoms with Crippen molar-refractivity contribution in [1.29, 1.82) is 0 Å². The second-order valence-corrected chi connectivity index (χ2v) is 4.82. The van der Waals surface area contributed by atoms with E-state index in [1.807, 2.05) is 0 Å². The molecule has 2 heterocycles. The Balaban J connectivity index is 2.03. The number of anilines is 1. The van der Waals surface area contributed by atoms with Crippen LogP contribution < -0.4 is 5.32 Å². The predicted molar refractivity (Wildman–Crippen MR) is 72.4 cm³/mol. The number of amides is 1. The Kier molecular flexibility index (Phi) is 3.82. The number of carbonyl (C=O) groups excluding carboxylic acids is 1. The molecule has 0 aromatic carbocycles. The zero-order chi connectivity index (χ0) is 13.8. The van der Waals surface area contributed by atoms with Crippen LogP contribution in [0.3, 0.4) is 0 Å². The summed E-state index contributed by atoms with van der Waals surface area (Å²) in [5, 5.41) is 12.0. The molecular weight excluding hydrogens is 266 g/mol. The Labute approximate surface area is 113 Å². The highest BCUT2D eigenvalue weighted by molar-refractivity contribution is 7.18. The first-order valence-corrected chi connectivity index (χ1v) is 6.24. The van der Waals surface area contributed by atoms with Gasteiger partial charge >= 0.3 is 5.97 Å². The van der Waals surface area contributed by atoms with Gasteiger partial charge in [-0.3, -0.25) is 4.79 Å². The first-order chi connectivity index (χ1) is 9.06. The van der Waals surface area contributed by atoms with Crippen LogP contribution in [0.1, 0.15) is 21.0 Å². The molecule has 98 valence electrons. The molecule has 0 saturated heterocycles. The molecule has 0 atom stereocenters. The normalized spacial score (nSPS) is 10.8. The van der Waals surface area contributed by atoms with E-state index in [9.17, 15) is 9.59 Å². The molecule has 0 bridgehead atoms. The van der Waals surface area contributed by atoms with E-state index in [-0.39, 0.29) is 10.8 Å². The molecule has 0 aliphatic rings. The van der Waals surface area contributed by atoms with Crippen LogP contribution in [0.4, 0.5) is 5.00 Å². The first-order valence-electron chi connectivity index (χ1n) is 5.42. The molecule has 0 radical (unpaired) electrons. The Bertz CT molecular complexity index is 625. The number of hydrogen-bond donors (Lipinski definition) is 2. The molecule has 0 fully saturated rings. The van der Waals surface area contributed by atoms with Crippen LogP contribution in [0.5, 0.6) is 0 Å². The summed E-state index contributed by atoms with van der Waals surface area (Å²) in [6.07, 6.45) is 4.38. The van der Waals surface area contributed by atoms with Crippen LogP contribution in [-0.4, -0.2) is 17.0 Å². The van der Waals surface area contributed by atoms with Crippen LogP contribution in [0.2, 0.25) is 0 Å². The van der Waals surface area contributed by atoms with Crippen molar-refractivity contribution in [3.05, 3.63) is 46.7 Å². The molecule has 0 aliphatic carbocycles. The van der Waals surface area contributed by atoms with E-state index in [0.717, 1.165) is 11.3 Å². The maximum absolute atomic E-state index is 11.6. The van der Waals surface area contributed by atoms with E-state index in [2.05, 4.69) is 5.32 Å². The fraction of sp³-hybridized carbons (Fsp3) is 0.0769. The summed E-state index contributed by atoms with van der Waals surface area (Å²) in [7, 11) is 0. The van der Waals surface area contributed by atoms with Crippen molar-refractivity contribution >= 4 is 34.3 Å². The number of nitrogens with one attached hydrogen (secondary N) is 1. The van der Waals surface area contributed by atoms with Crippen LogP contribution in [0, 0.1) is 6.92 Å². The third kappa shape index (κ3) is 3.32. The van der Waals surface area contributed by atoms with Crippen LogP contribution in [-0.2, 0) is 4.79 Å². The molecule has 0 aliphatic heterocycles. The lowest BCUT2D eigenvalue weighted by atomic mass is 10.3. The van der Waals surface area contributed by atoms with Gasteiger partial charge < -0.3 is 14.8 Å². The second-order valence-electron chi connectivity index (χ2n) is 3.77. The molecule has 0 unspecified atom stereocenters. The van der Waals surface area contributed by atoms with Gasteiger partial charge in [0, 0.05) is 6.08 Å². The molecule has 2 N–H and O–H groups in total. The number of aryl methyl sites for hydroxylation is 1. The quantitative estimate of drug-likeness (QED) is 0.842. The maximum atomic E-state index is 11.6. The molecule has 6 heteroatoms. The van der Waals surface area contributed by atoms with Crippen molar-refractivity contribution in [1.82, 2.24) is 0 Å². The number of carboxylic acid groups (broad SMARTS) is 1. The molecular formula is C13H11NO4S. The van der Waals surface area contributed by atoms with Gasteiger partial charge in [0.05, 0.1) is 11.3 Å². The van der Waals surface area contributed by atoms with E-state index >= 15 is 0 Å². The van der Waals surface area contributed by atoms with Gasteiger partial charge in [-0.1, -0.05) is 0 Å². The van der Waals surface area contributed by atoms with Gasteiger partial charge in [-0.2, -0.15) is 0 Å². The third-order valence-electron chi connectivity index (χ3n) is 2.30. The highest BCUT2D eigenvalue weighted by Crippen LogP contribution is 2.26. The number of hydrogen-bond acceptors (Lipinski definition) is 4. The molecule has 0 spiro atoms. The smallest absolute Gasteiger partial charge is 0.346 e. The largest absolute Gasteiger partial charge is 0.477 e. The second kappa shape index (κ2) is 5.53. The zero-order valence-electron chi connectivity index (χ0n) is 10.0. The summed E-state index contributed by atoms with van der Waals surface area (Å²) in [5.74, 6) is -0.757. The molecule has 2 aromatic rings. The minimum absolute atomic E-state index is 0.227. The lowest BCUT2D eigenvalue weighted by Crippen LogP contribution is -2.05. The fourth-order valence-electron chi connectivity index (χ4n) is 1.46. The average Bonchev–Trinajstić information content (AvgIpc) is 2.96. The molecule has 2 aromatic heterocycles. The van der Waals surface area contributed by atoms with E-state index < -0.39 is 5.97 Å². The summed E-state index contributed by atoms with van der Waals surface area (Å²) < 4.78 is 5.05. The minimum atomic E-state index is -0.992. The Morgan fingerprint density at radius 1 is 1.47 bits per heavy atom. The third-order valence-corrected chi connectivity index (χ3v) is 3.44. The van der Waals surface area contributed by atoms with Crippen LogP contribution in [0.15, 0.2) is 35.0 Å². The molecule has 0 saturated carbocycles. The predicted octanol–water partition coefficient (Wildman–Crippen LogP) is 3.00. The van der Waals surface area contributed by atoms with E-state index in [0.29, 0.717) is 16.3 Å². The van der Waals surface area contributed by atoms with Crippen molar-refractivity contribution in [3.8, 4) is 0 Å². The number of furan rings is 1. The van der Waals surface area contributed by atoms with Gasteiger partial charge in [0.25, 0.3) is 0 Å². The zero-order valence-corrected chi connectivity index (χ0v) is 10.9. The summed E-state index contributed by atoms with van der Waals surface area (Å²) in [6.45, 7) is 1.69. The highest BCUT2D eigenvalue weighted by atomic mass is 32.1. The topological polar surface area (TPSA) is 79.5 Å². The summed E-state index contributed by atoms with van der Waals surface area (Å²) in [5.41, 5.74) is 0.628. The van der Waals surface area contributed by atoms with Crippen LogP contribution in [0.25, 0.3) is 6.08 Å². The Morgan fingerprint density at radius 2 is 2.26 bits per heavy atom. The van der Waals surface area contributed by atoms with Gasteiger partial charge in [0.2, 0.25) is 5.91 Å². The highest BCUT2D eigenvalue weighted by Gasteiger charge is 2.12. The van der Waals surface area contributed by atoms with Crippen molar-refractivity contribution in [2.24, 2.45) is 0 Å². The van der Waals surface area contributed by atoms with E-state index in [1.54, 1.807) is 25.1 Å². The Morgan fingerprint density at radius 3 is 2.84 bits per heavy atom. The number of thiophene rings is 1. The number of carboxylic acids is 1. The van der Waals surface area contributed by atoms with Gasteiger partial charge in [-0.25, -0.2) is 4.79 Å². The molecule has 19 heavy (non-hydrogen) atoms. The fourth-order valence-corrected chi connectivity index (χ4v) is 2.38. The minimum Gasteiger partial charge on any atom is -0.477 e. The van der Waals surface area contributed by atoms with Gasteiger partial charge in [-0.05, 0) is 36.8 Å². The van der Waals surface area contributed by atoms with Crippen molar-refractivity contribution in [3.63, 3.8) is 0 Å². The molecule has 5 nitrogen and oxygen atoms in total. The number of carbonyl (C=O) groups is 2. The van der Waals surface area contributed by atoms with Gasteiger partial charge in [0.15, 0.2) is 0 Å². The van der Waals surface area contributed by atoms with Gasteiger partial charge in [0.1, 0.15) is 10.6 Å². The average molecular weight is 277 g/mol. The lowest BCUT2D eigenvalue weighted by molar-refractivity contribution is -0.111. The molecule has 2 rings (SSSR count). The monoisotopic (exact) mass is 277 g/mol. The van der Waals surface area contributed by atoms with E-state index in [4.69, 9.17) is 9.52 Å². The number of rotatable bonds is 4. The summed E-state index contributed by atoms with van der Waals surface area (Å²) in [4.78, 5) is 22.7. The maximum Gasteiger partial charge on any atom is 0.346 e. The van der Waals surface area contributed by atoms with Gasteiger partial charge in [-0.15, -0.1) is 11.3 Å². The van der Waals surface area contributed by atoms with Crippen LogP contribution >= 0.6 is 11.3 Å². The van der Waals surface area contributed by atoms with Crippen molar-refractivity contribution < 1.29 is 19.1 Å². The SMILES string of the molecule is Cc1cc(NC(=O)/C=C/c2ccco2)sc1C(=O)O. The lowest BCUT2D eigenvalue weighted by Gasteiger charge is -1.95. The summed E-state index contributed by atoms with van der Waals surface area (Å²) in [6, 6.07) is 5.08. The van der Waals surface area contributed by atoms with Crippen molar-refractivity contribution in [2.45, 2.75) is 6.92 Å². The van der Waals surface area contributed by atoms with E-state index in [1.165, 1.54) is 18.4 Å². The first kappa shape index (κ1) is 13.1. The van der Waals surface area contributed by atoms with Crippen molar-refractivity contribution in [2.75, 3.05) is 5.32 Å². The summed E-state index contributed by atoms with van der Waals surface area (Å²) >= 11 is 1.03. The standard InChI is InChI=1S/C13H11NO4S/c1-8-7-11(19-12(8)13(16)17)14-10(15)5-4-9-3-2-6-18-9/h2-7H,1H3,(H,14,15)(H,16,17)/b5-4+. The number of aromatic carboxylic acids is 1.